The fourth-order valence-electron chi connectivity index (χ4n) is 8.69. The van der Waals surface area contributed by atoms with Crippen molar-refractivity contribution >= 4 is 17.9 Å². The van der Waals surface area contributed by atoms with Gasteiger partial charge in [0.15, 0.2) is 6.10 Å². The van der Waals surface area contributed by atoms with Crippen molar-refractivity contribution < 1.29 is 28.6 Å². The van der Waals surface area contributed by atoms with Gasteiger partial charge in [-0.05, 0) is 116 Å². The average molecular weight is 1020 g/mol. The molecule has 0 amide bonds. The Morgan fingerprint density at radius 3 is 0.863 bits per heavy atom. The highest BCUT2D eigenvalue weighted by Gasteiger charge is 2.19. The molecule has 0 rings (SSSR count). The lowest BCUT2D eigenvalue weighted by Gasteiger charge is -2.18. The van der Waals surface area contributed by atoms with Gasteiger partial charge in [-0.15, -0.1) is 0 Å². The molecule has 420 valence electrons. The third-order valence-corrected chi connectivity index (χ3v) is 13.4. The smallest absolute Gasteiger partial charge is 0.306 e. The number of allylic oxidation sites excluding steroid dienone is 14. The first-order valence-electron chi connectivity index (χ1n) is 31.1. The van der Waals surface area contributed by atoms with Crippen LogP contribution in [0.4, 0.5) is 0 Å². The van der Waals surface area contributed by atoms with Gasteiger partial charge in [0, 0.05) is 19.3 Å². The van der Waals surface area contributed by atoms with Gasteiger partial charge in [-0.1, -0.05) is 254 Å². The summed E-state index contributed by atoms with van der Waals surface area (Å²) < 4.78 is 16.9. The maximum atomic E-state index is 12.9. The predicted octanol–water partition coefficient (Wildman–Crippen LogP) is 21.1. The van der Waals surface area contributed by atoms with E-state index in [0.29, 0.717) is 12.8 Å². The van der Waals surface area contributed by atoms with Gasteiger partial charge in [-0.2, -0.15) is 0 Å². The Morgan fingerprint density at radius 2 is 0.534 bits per heavy atom. The first-order valence-corrected chi connectivity index (χ1v) is 31.1. The minimum Gasteiger partial charge on any atom is -0.462 e. The van der Waals surface area contributed by atoms with Crippen LogP contribution < -0.4 is 0 Å². The average Bonchev–Trinajstić information content (AvgIpc) is 3.39. The van der Waals surface area contributed by atoms with Crippen molar-refractivity contribution in [3.8, 4) is 0 Å². The van der Waals surface area contributed by atoms with Gasteiger partial charge in [0.25, 0.3) is 0 Å². The number of carbonyl (C=O) groups is 3. The zero-order valence-electron chi connectivity index (χ0n) is 48.1. The van der Waals surface area contributed by atoms with Gasteiger partial charge in [0.1, 0.15) is 13.2 Å². The molecule has 0 fully saturated rings. The molecule has 0 radical (unpaired) electrons. The van der Waals surface area contributed by atoms with Crippen LogP contribution >= 0.6 is 0 Å². The summed E-state index contributed by atoms with van der Waals surface area (Å²) in [6, 6.07) is 0. The molecule has 0 N–H and O–H groups in total. The van der Waals surface area contributed by atoms with Crippen LogP contribution in [-0.2, 0) is 28.6 Å². The molecule has 0 aliphatic heterocycles. The molecule has 0 spiro atoms. The van der Waals surface area contributed by atoms with E-state index in [-0.39, 0.29) is 37.5 Å². The van der Waals surface area contributed by atoms with Crippen LogP contribution in [0.15, 0.2) is 85.1 Å². The molecule has 1 atom stereocenters. The van der Waals surface area contributed by atoms with Crippen LogP contribution in [0.2, 0.25) is 0 Å². The highest BCUT2D eigenvalue weighted by molar-refractivity contribution is 5.71. The molecule has 0 heterocycles. The number of hydrogen-bond donors (Lipinski definition) is 0. The highest BCUT2D eigenvalue weighted by Crippen LogP contribution is 2.15. The van der Waals surface area contributed by atoms with E-state index in [1.54, 1.807) is 0 Å². The molecule has 0 saturated heterocycles. The fourth-order valence-corrected chi connectivity index (χ4v) is 8.69. The Labute approximate surface area is 452 Å². The summed E-state index contributed by atoms with van der Waals surface area (Å²) in [5, 5.41) is 0. The van der Waals surface area contributed by atoms with Gasteiger partial charge in [0.2, 0.25) is 0 Å². The lowest BCUT2D eigenvalue weighted by molar-refractivity contribution is -0.167. The Morgan fingerprint density at radius 1 is 0.288 bits per heavy atom. The second-order valence-corrected chi connectivity index (χ2v) is 20.6. The van der Waals surface area contributed by atoms with Gasteiger partial charge in [-0.3, -0.25) is 14.4 Å². The number of esters is 3. The van der Waals surface area contributed by atoms with Crippen LogP contribution in [0.25, 0.3) is 0 Å². The van der Waals surface area contributed by atoms with Crippen molar-refractivity contribution in [1.82, 2.24) is 0 Å². The SMILES string of the molecule is CC/C=C\C/C=C\C/C=C\C/C=C\C/C=C\CCCCCC(=O)O[C@@H](COC(=O)CCCCCCCCC/C=C\CCCCCCCC)COC(=O)CCCCCCCCCCC/C=C\CCCCCCCC. The molecule has 0 saturated carbocycles. The molecular weight excluding hydrogens is 901 g/mol. The van der Waals surface area contributed by atoms with Crippen molar-refractivity contribution in [2.24, 2.45) is 0 Å². The van der Waals surface area contributed by atoms with Crippen molar-refractivity contribution in [3.63, 3.8) is 0 Å². The second-order valence-electron chi connectivity index (χ2n) is 20.6. The van der Waals surface area contributed by atoms with E-state index >= 15 is 0 Å². The third-order valence-electron chi connectivity index (χ3n) is 13.4. The molecule has 73 heavy (non-hydrogen) atoms. The molecule has 0 aliphatic rings. The fraction of sp³-hybridized carbons (Fsp3) is 0.746. The second kappa shape index (κ2) is 61.1. The van der Waals surface area contributed by atoms with Crippen molar-refractivity contribution in [2.75, 3.05) is 13.2 Å². The monoisotopic (exact) mass is 1020 g/mol. The predicted molar refractivity (Wildman–Crippen MR) is 316 cm³/mol. The van der Waals surface area contributed by atoms with Gasteiger partial charge < -0.3 is 14.2 Å². The van der Waals surface area contributed by atoms with Crippen LogP contribution in [0.3, 0.4) is 0 Å². The summed E-state index contributed by atoms with van der Waals surface area (Å²) in [6.45, 7) is 6.51. The lowest BCUT2D eigenvalue weighted by Crippen LogP contribution is -2.30. The third kappa shape index (κ3) is 59.3. The van der Waals surface area contributed by atoms with Crippen LogP contribution in [0.1, 0.15) is 303 Å². The van der Waals surface area contributed by atoms with Gasteiger partial charge in [0.05, 0.1) is 0 Å². The zero-order valence-corrected chi connectivity index (χ0v) is 48.1. The Balaban J connectivity index is 4.44. The van der Waals surface area contributed by atoms with E-state index in [4.69, 9.17) is 14.2 Å². The highest BCUT2D eigenvalue weighted by atomic mass is 16.6. The minimum absolute atomic E-state index is 0.0915. The molecule has 0 aromatic carbocycles. The number of hydrogen-bond acceptors (Lipinski definition) is 6. The maximum absolute atomic E-state index is 12.9. The summed E-state index contributed by atoms with van der Waals surface area (Å²) >= 11 is 0. The molecule has 6 heteroatoms. The van der Waals surface area contributed by atoms with Gasteiger partial charge >= 0.3 is 17.9 Å². The molecule has 0 bridgehead atoms. The minimum atomic E-state index is -0.798. The van der Waals surface area contributed by atoms with Crippen LogP contribution in [-0.4, -0.2) is 37.2 Å². The van der Waals surface area contributed by atoms with E-state index in [2.05, 4.69) is 106 Å². The number of rotatable bonds is 56. The number of ether oxygens (including phenoxy) is 3. The maximum Gasteiger partial charge on any atom is 0.306 e. The molecular formula is C67H116O6. The van der Waals surface area contributed by atoms with E-state index in [1.807, 2.05) is 0 Å². The van der Waals surface area contributed by atoms with Crippen LogP contribution in [0, 0.1) is 0 Å². The normalized spacial score (nSPS) is 12.6. The van der Waals surface area contributed by atoms with E-state index in [9.17, 15) is 14.4 Å². The van der Waals surface area contributed by atoms with Crippen LogP contribution in [0.5, 0.6) is 0 Å². The van der Waals surface area contributed by atoms with E-state index in [0.717, 1.165) is 96.3 Å². The quantitative estimate of drug-likeness (QED) is 0.0261. The Hall–Kier alpha value is -3.41. The zero-order chi connectivity index (χ0) is 52.9. The summed E-state index contributed by atoms with van der Waals surface area (Å²) in [5.41, 5.74) is 0. The first kappa shape index (κ1) is 69.6. The first-order chi connectivity index (χ1) is 36.0. The van der Waals surface area contributed by atoms with Crippen molar-refractivity contribution in [3.05, 3.63) is 85.1 Å². The Kier molecular flexibility index (Phi) is 58.3. The molecule has 0 aromatic rings. The lowest BCUT2D eigenvalue weighted by atomic mass is 10.1. The van der Waals surface area contributed by atoms with E-state index in [1.165, 1.54) is 167 Å². The molecule has 0 aromatic heterocycles. The summed E-state index contributed by atoms with van der Waals surface area (Å²) in [5.74, 6) is -0.920. The van der Waals surface area contributed by atoms with Crippen molar-refractivity contribution in [2.45, 2.75) is 309 Å². The summed E-state index contributed by atoms with van der Waals surface area (Å²) in [7, 11) is 0. The summed E-state index contributed by atoms with van der Waals surface area (Å²) in [6.07, 6.45) is 80.1. The van der Waals surface area contributed by atoms with Crippen molar-refractivity contribution in [1.29, 1.82) is 0 Å². The van der Waals surface area contributed by atoms with E-state index < -0.39 is 6.10 Å². The topological polar surface area (TPSA) is 78.9 Å². The largest absolute Gasteiger partial charge is 0.462 e. The Bertz CT molecular complexity index is 1400. The van der Waals surface area contributed by atoms with Gasteiger partial charge in [-0.25, -0.2) is 0 Å². The molecule has 0 aliphatic carbocycles. The number of carbonyl (C=O) groups excluding carboxylic acids is 3. The summed E-state index contributed by atoms with van der Waals surface area (Å²) in [4.78, 5) is 38.3. The standard InChI is InChI=1S/C67H116O6/c1-4-7-10-13-16-19-22-25-28-31-33-36-39-42-45-48-51-54-57-60-66(69)72-63-64(62-71-65(68)59-56-53-50-47-44-41-38-35-30-27-24-21-18-15-12-9-6-3)73-67(70)61-58-55-52-49-46-43-40-37-34-32-29-26-23-20-17-14-11-8-5-2/h8,11,17,20,25-30,34,37,43,46,64H,4-7,9-10,12-16,18-19,21-24,31-33,35-36,38-42,44-45,47-63H2,1-3H3/b11-8-,20-17-,28-25-,29-26-,30-27-,37-34-,46-43-/t64-/m0/s1. The number of unbranched alkanes of at least 4 members (excludes halogenated alkanes) is 31. The molecule has 6 nitrogen and oxygen atoms in total. The molecule has 0 unspecified atom stereocenters.